The molecule has 0 aliphatic rings. The first-order valence-corrected chi connectivity index (χ1v) is 6.25. The summed E-state index contributed by atoms with van der Waals surface area (Å²) in [5.74, 6) is -0.189. The number of esters is 1. The second-order valence-corrected chi connectivity index (χ2v) is 5.39. The Kier molecular flexibility index (Phi) is 4.91. The minimum atomic E-state index is -0.506. The summed E-state index contributed by atoms with van der Waals surface area (Å²) < 4.78 is 4.79. The van der Waals surface area contributed by atoms with E-state index in [1.54, 1.807) is 0 Å². The minimum absolute atomic E-state index is 0.189. The molecule has 1 atom stereocenters. The Balaban J connectivity index is 2.58. The summed E-state index contributed by atoms with van der Waals surface area (Å²) in [5, 5.41) is 3.37. The van der Waals surface area contributed by atoms with Crippen LogP contribution in [0.5, 0.6) is 0 Å². The van der Waals surface area contributed by atoms with Crippen molar-refractivity contribution in [2.75, 3.05) is 13.7 Å². The van der Waals surface area contributed by atoms with Gasteiger partial charge in [-0.2, -0.15) is 0 Å². The summed E-state index contributed by atoms with van der Waals surface area (Å²) in [5.41, 5.74) is 1.97. The van der Waals surface area contributed by atoms with E-state index in [4.69, 9.17) is 4.74 Å². The molecule has 0 fully saturated rings. The molecule has 0 spiro atoms. The van der Waals surface area contributed by atoms with E-state index in [9.17, 15) is 4.79 Å². The highest BCUT2D eigenvalue weighted by Gasteiger charge is 2.28. The van der Waals surface area contributed by atoms with Gasteiger partial charge in [-0.05, 0) is 33.3 Å². The van der Waals surface area contributed by atoms with Crippen molar-refractivity contribution in [3.05, 3.63) is 35.4 Å². The number of nitrogens with one attached hydrogen (secondary N) is 1. The predicted octanol–water partition coefficient (Wildman–Crippen LogP) is 2.84. The standard InChI is InChI=1S/C15H23NO2/c1-11-6-8-13(9-7-11)12(2)16-10-15(3,4)14(17)18-5/h6-9,12,16H,10H2,1-5H3/t12-/m1/s1. The molecule has 1 aromatic carbocycles. The van der Waals surface area contributed by atoms with E-state index in [0.717, 1.165) is 0 Å². The molecule has 0 unspecified atom stereocenters. The lowest BCUT2D eigenvalue weighted by Crippen LogP contribution is -2.37. The number of rotatable bonds is 5. The number of carbonyl (C=O) groups excluding carboxylic acids is 1. The summed E-state index contributed by atoms with van der Waals surface area (Å²) in [6.07, 6.45) is 0. The Hall–Kier alpha value is -1.35. The van der Waals surface area contributed by atoms with Crippen LogP contribution in [0.4, 0.5) is 0 Å². The first kappa shape index (κ1) is 14.7. The highest BCUT2D eigenvalue weighted by molar-refractivity contribution is 5.76. The number of benzene rings is 1. The van der Waals surface area contributed by atoms with Crippen molar-refractivity contribution in [3.8, 4) is 0 Å². The molecule has 3 nitrogen and oxygen atoms in total. The Bertz CT molecular complexity index is 395. The smallest absolute Gasteiger partial charge is 0.312 e. The molecule has 100 valence electrons. The van der Waals surface area contributed by atoms with Gasteiger partial charge in [-0.25, -0.2) is 0 Å². The van der Waals surface area contributed by atoms with Crippen molar-refractivity contribution in [2.24, 2.45) is 5.41 Å². The van der Waals surface area contributed by atoms with Crippen molar-refractivity contribution in [3.63, 3.8) is 0 Å². The number of hydrogen-bond acceptors (Lipinski definition) is 3. The number of methoxy groups -OCH3 is 1. The molecule has 1 rings (SSSR count). The molecule has 0 aromatic heterocycles. The van der Waals surface area contributed by atoms with E-state index in [0.29, 0.717) is 6.54 Å². The topological polar surface area (TPSA) is 38.3 Å². The van der Waals surface area contributed by atoms with Crippen LogP contribution in [0.1, 0.15) is 37.9 Å². The van der Waals surface area contributed by atoms with E-state index in [-0.39, 0.29) is 12.0 Å². The largest absolute Gasteiger partial charge is 0.469 e. The molecule has 3 heteroatoms. The SMILES string of the molecule is COC(=O)C(C)(C)CN[C@H](C)c1ccc(C)cc1. The highest BCUT2D eigenvalue weighted by atomic mass is 16.5. The normalized spacial score (nSPS) is 13.2. The third kappa shape index (κ3) is 3.84. The molecule has 0 radical (unpaired) electrons. The molecule has 0 amide bonds. The van der Waals surface area contributed by atoms with Crippen LogP contribution < -0.4 is 5.32 Å². The van der Waals surface area contributed by atoms with Crippen LogP contribution in [0.15, 0.2) is 24.3 Å². The van der Waals surface area contributed by atoms with Crippen molar-refractivity contribution in [2.45, 2.75) is 33.7 Å². The van der Waals surface area contributed by atoms with Gasteiger partial charge in [0.05, 0.1) is 12.5 Å². The van der Waals surface area contributed by atoms with Gasteiger partial charge in [0.1, 0.15) is 0 Å². The lowest BCUT2D eigenvalue weighted by atomic mass is 9.93. The Morgan fingerprint density at radius 1 is 1.33 bits per heavy atom. The zero-order chi connectivity index (χ0) is 13.8. The molecule has 0 heterocycles. The van der Waals surface area contributed by atoms with Crippen molar-refractivity contribution < 1.29 is 9.53 Å². The predicted molar refractivity (Wildman–Crippen MR) is 73.4 cm³/mol. The fourth-order valence-corrected chi connectivity index (χ4v) is 1.73. The van der Waals surface area contributed by atoms with Crippen LogP contribution in [0.25, 0.3) is 0 Å². The average Bonchev–Trinajstić information content (AvgIpc) is 2.35. The van der Waals surface area contributed by atoms with Gasteiger partial charge in [0.15, 0.2) is 0 Å². The van der Waals surface area contributed by atoms with Gasteiger partial charge in [0.2, 0.25) is 0 Å². The van der Waals surface area contributed by atoms with E-state index in [1.165, 1.54) is 18.2 Å². The summed E-state index contributed by atoms with van der Waals surface area (Å²) >= 11 is 0. The number of aryl methyl sites for hydroxylation is 1. The molecule has 18 heavy (non-hydrogen) atoms. The van der Waals surface area contributed by atoms with E-state index >= 15 is 0 Å². The molecule has 0 bridgehead atoms. The second kappa shape index (κ2) is 6.01. The average molecular weight is 249 g/mol. The van der Waals surface area contributed by atoms with Crippen molar-refractivity contribution in [1.82, 2.24) is 5.32 Å². The van der Waals surface area contributed by atoms with Crippen LogP contribution in [-0.2, 0) is 9.53 Å². The first-order valence-electron chi connectivity index (χ1n) is 6.25. The summed E-state index contributed by atoms with van der Waals surface area (Å²) in [7, 11) is 1.42. The quantitative estimate of drug-likeness (QED) is 0.815. The van der Waals surface area contributed by atoms with Crippen molar-refractivity contribution >= 4 is 5.97 Å². The lowest BCUT2D eigenvalue weighted by Gasteiger charge is -2.24. The van der Waals surface area contributed by atoms with Gasteiger partial charge in [-0.15, -0.1) is 0 Å². The maximum Gasteiger partial charge on any atom is 0.312 e. The van der Waals surface area contributed by atoms with Crippen LogP contribution >= 0.6 is 0 Å². The molecule has 0 saturated heterocycles. The molecule has 1 N–H and O–H groups in total. The van der Waals surface area contributed by atoms with Gasteiger partial charge >= 0.3 is 5.97 Å². The van der Waals surface area contributed by atoms with E-state index < -0.39 is 5.41 Å². The van der Waals surface area contributed by atoms with E-state index in [2.05, 4.69) is 43.4 Å². The zero-order valence-corrected chi connectivity index (χ0v) is 11.9. The Morgan fingerprint density at radius 3 is 2.39 bits per heavy atom. The number of carbonyl (C=O) groups is 1. The number of ether oxygens (including phenoxy) is 1. The molecule has 0 saturated carbocycles. The van der Waals surface area contributed by atoms with Gasteiger partial charge in [0.25, 0.3) is 0 Å². The minimum Gasteiger partial charge on any atom is -0.469 e. The monoisotopic (exact) mass is 249 g/mol. The highest BCUT2D eigenvalue weighted by Crippen LogP contribution is 2.19. The fourth-order valence-electron chi connectivity index (χ4n) is 1.73. The van der Waals surface area contributed by atoms with Gasteiger partial charge in [-0.1, -0.05) is 29.8 Å². The third-order valence-corrected chi connectivity index (χ3v) is 3.17. The van der Waals surface area contributed by atoms with Gasteiger partial charge in [0, 0.05) is 12.6 Å². The lowest BCUT2D eigenvalue weighted by molar-refractivity contribution is -0.150. The maximum atomic E-state index is 11.6. The van der Waals surface area contributed by atoms with Crippen LogP contribution in [0.3, 0.4) is 0 Å². The van der Waals surface area contributed by atoms with Crippen LogP contribution in [0, 0.1) is 12.3 Å². The fraction of sp³-hybridized carbons (Fsp3) is 0.533. The molecular weight excluding hydrogens is 226 g/mol. The molecule has 0 aliphatic heterocycles. The van der Waals surface area contributed by atoms with Crippen molar-refractivity contribution in [1.29, 1.82) is 0 Å². The second-order valence-electron chi connectivity index (χ2n) is 5.39. The van der Waals surface area contributed by atoms with Gasteiger partial charge < -0.3 is 10.1 Å². The van der Waals surface area contributed by atoms with Crippen LogP contribution in [-0.4, -0.2) is 19.6 Å². The Labute approximate surface area is 110 Å². The van der Waals surface area contributed by atoms with Gasteiger partial charge in [-0.3, -0.25) is 4.79 Å². The first-order chi connectivity index (χ1) is 8.36. The van der Waals surface area contributed by atoms with Crippen LogP contribution in [0.2, 0.25) is 0 Å². The summed E-state index contributed by atoms with van der Waals surface area (Å²) in [6.45, 7) is 8.52. The molecule has 1 aromatic rings. The summed E-state index contributed by atoms with van der Waals surface area (Å²) in [4.78, 5) is 11.6. The maximum absolute atomic E-state index is 11.6. The van der Waals surface area contributed by atoms with E-state index in [1.807, 2.05) is 13.8 Å². The Morgan fingerprint density at radius 2 is 1.89 bits per heavy atom. The molecule has 0 aliphatic carbocycles. The number of hydrogen-bond donors (Lipinski definition) is 1. The molecular formula is C15H23NO2. The summed E-state index contributed by atoms with van der Waals surface area (Å²) in [6, 6.07) is 8.63. The zero-order valence-electron chi connectivity index (χ0n) is 11.9. The third-order valence-electron chi connectivity index (χ3n) is 3.17.